The van der Waals surface area contributed by atoms with Crippen molar-refractivity contribution in [3.63, 3.8) is 0 Å². The summed E-state index contributed by atoms with van der Waals surface area (Å²) in [5.74, 6) is 1.64. The Kier molecular flexibility index (Phi) is 2.43. The van der Waals surface area contributed by atoms with E-state index in [9.17, 15) is 4.79 Å². The van der Waals surface area contributed by atoms with Crippen LogP contribution < -0.4 is 5.32 Å². The van der Waals surface area contributed by atoms with Crippen LogP contribution in [0.15, 0.2) is 6.20 Å². The van der Waals surface area contributed by atoms with Crippen molar-refractivity contribution in [3.05, 3.63) is 29.0 Å². The normalized spacial score (nSPS) is 18.6. The Balaban J connectivity index is 2.07. The molecule has 0 unspecified atom stereocenters. The van der Waals surface area contributed by atoms with Crippen LogP contribution in [0.1, 0.15) is 42.0 Å². The maximum atomic E-state index is 11.7. The van der Waals surface area contributed by atoms with Crippen molar-refractivity contribution in [2.75, 3.05) is 5.32 Å². The number of carbonyl (C=O) groups is 1. The van der Waals surface area contributed by atoms with E-state index in [1.54, 1.807) is 6.20 Å². The molecule has 1 atom stereocenters. The van der Waals surface area contributed by atoms with Crippen molar-refractivity contribution >= 4 is 11.7 Å². The third-order valence-electron chi connectivity index (χ3n) is 3.33. The highest BCUT2D eigenvalue weighted by atomic mass is 16.1. The fourth-order valence-electron chi connectivity index (χ4n) is 2.43. The molecule has 1 amide bonds. The van der Waals surface area contributed by atoms with Gasteiger partial charge in [0.15, 0.2) is 0 Å². The fourth-order valence-corrected chi connectivity index (χ4v) is 2.43. The number of fused-ring (bicyclic) bond motifs is 1. The first kappa shape index (κ1) is 11.0. The maximum Gasteiger partial charge on any atom is 0.226 e. The second-order valence-corrected chi connectivity index (χ2v) is 4.55. The number of nitrogens with zero attached hydrogens (tertiary/aromatic N) is 2. The highest BCUT2D eigenvalue weighted by Crippen LogP contribution is 2.36. The largest absolute Gasteiger partial charge is 0.346 e. The molecule has 6 nitrogen and oxygen atoms in total. The molecule has 18 heavy (non-hydrogen) atoms. The number of aromatic nitrogens is 4. The number of amides is 1. The summed E-state index contributed by atoms with van der Waals surface area (Å²) in [5, 5.41) is 9.59. The Morgan fingerprint density at radius 2 is 2.33 bits per heavy atom. The highest BCUT2D eigenvalue weighted by Gasteiger charge is 2.30. The van der Waals surface area contributed by atoms with Gasteiger partial charge < -0.3 is 10.3 Å². The molecule has 0 spiro atoms. The molecule has 3 N–H and O–H groups in total. The van der Waals surface area contributed by atoms with Gasteiger partial charge in [0.1, 0.15) is 11.6 Å². The molecule has 2 aromatic rings. The zero-order chi connectivity index (χ0) is 12.7. The van der Waals surface area contributed by atoms with Crippen molar-refractivity contribution in [2.45, 2.75) is 32.6 Å². The number of carbonyl (C=O) groups excluding carboxylic acids is 1. The van der Waals surface area contributed by atoms with Crippen molar-refractivity contribution in [3.8, 4) is 0 Å². The smallest absolute Gasteiger partial charge is 0.226 e. The summed E-state index contributed by atoms with van der Waals surface area (Å²) in [4.78, 5) is 19.5. The lowest BCUT2D eigenvalue weighted by molar-refractivity contribution is -0.116. The van der Waals surface area contributed by atoms with Crippen LogP contribution in [0.2, 0.25) is 0 Å². The summed E-state index contributed by atoms with van der Waals surface area (Å²) in [6.07, 6.45) is 3.04. The Morgan fingerprint density at radius 3 is 3.06 bits per heavy atom. The van der Waals surface area contributed by atoms with Gasteiger partial charge in [-0.2, -0.15) is 5.10 Å². The molecule has 0 fully saturated rings. The van der Waals surface area contributed by atoms with E-state index in [1.165, 1.54) is 0 Å². The minimum atomic E-state index is -0.0101. The molecule has 0 bridgehead atoms. The predicted octanol–water partition coefficient (Wildman–Crippen LogP) is 1.48. The molecule has 2 aromatic heterocycles. The van der Waals surface area contributed by atoms with Crippen LogP contribution in [0, 0.1) is 6.92 Å². The number of aromatic amines is 2. The lowest BCUT2D eigenvalue weighted by atomic mass is 9.90. The Morgan fingerprint density at radius 1 is 1.50 bits per heavy atom. The van der Waals surface area contributed by atoms with E-state index in [0.717, 1.165) is 29.2 Å². The van der Waals surface area contributed by atoms with E-state index in [4.69, 9.17) is 0 Å². The first-order valence-electron chi connectivity index (χ1n) is 6.07. The van der Waals surface area contributed by atoms with Crippen LogP contribution in [0.4, 0.5) is 5.82 Å². The van der Waals surface area contributed by atoms with E-state index in [2.05, 4.69) is 32.4 Å². The minimum Gasteiger partial charge on any atom is -0.346 e. The van der Waals surface area contributed by atoms with Crippen LogP contribution in [0.25, 0.3) is 0 Å². The summed E-state index contributed by atoms with van der Waals surface area (Å²) in [6, 6.07) is 0. The third-order valence-corrected chi connectivity index (χ3v) is 3.33. The van der Waals surface area contributed by atoms with Gasteiger partial charge in [0.25, 0.3) is 0 Å². The summed E-state index contributed by atoms with van der Waals surface area (Å²) in [7, 11) is 0. The standard InChI is InChI=1S/C12H15N5O/c1-3-9-14-6(2)11(15-9)7-4-10(18)16-12-8(7)5-13-17-12/h5,7H,3-4H2,1-2H3,(H,14,15)(H2,13,16,17,18)/t7-/m1/s1. The average Bonchev–Trinajstić information content (AvgIpc) is 2.94. The van der Waals surface area contributed by atoms with Gasteiger partial charge in [-0.3, -0.25) is 9.89 Å². The molecule has 0 radical (unpaired) electrons. The molecule has 0 saturated heterocycles. The molecule has 6 heteroatoms. The topological polar surface area (TPSA) is 86.5 Å². The van der Waals surface area contributed by atoms with E-state index < -0.39 is 0 Å². The lowest BCUT2D eigenvalue weighted by Gasteiger charge is -2.20. The first-order valence-corrected chi connectivity index (χ1v) is 6.07. The van der Waals surface area contributed by atoms with Gasteiger partial charge >= 0.3 is 0 Å². The number of H-pyrrole nitrogens is 2. The fraction of sp³-hybridized carbons (Fsp3) is 0.417. The quantitative estimate of drug-likeness (QED) is 0.749. The van der Waals surface area contributed by atoms with E-state index in [1.807, 2.05) is 6.92 Å². The van der Waals surface area contributed by atoms with Gasteiger partial charge in [0.05, 0.1) is 11.9 Å². The maximum absolute atomic E-state index is 11.7. The molecule has 1 aliphatic rings. The van der Waals surface area contributed by atoms with Gasteiger partial charge in [-0.15, -0.1) is 0 Å². The number of rotatable bonds is 2. The van der Waals surface area contributed by atoms with E-state index in [-0.39, 0.29) is 11.8 Å². The molecule has 0 saturated carbocycles. The second kappa shape index (κ2) is 3.97. The number of anilines is 1. The van der Waals surface area contributed by atoms with Crippen molar-refractivity contribution in [2.24, 2.45) is 0 Å². The van der Waals surface area contributed by atoms with Gasteiger partial charge in [0.2, 0.25) is 5.91 Å². The Hall–Kier alpha value is -2.11. The van der Waals surface area contributed by atoms with Crippen molar-refractivity contribution < 1.29 is 4.79 Å². The zero-order valence-corrected chi connectivity index (χ0v) is 10.4. The predicted molar refractivity (Wildman–Crippen MR) is 66.4 cm³/mol. The van der Waals surface area contributed by atoms with E-state index in [0.29, 0.717) is 12.2 Å². The van der Waals surface area contributed by atoms with Gasteiger partial charge in [-0.1, -0.05) is 6.92 Å². The lowest BCUT2D eigenvalue weighted by Crippen LogP contribution is -2.23. The summed E-state index contributed by atoms with van der Waals surface area (Å²) in [5.41, 5.74) is 2.98. The Labute approximate surface area is 104 Å². The van der Waals surface area contributed by atoms with E-state index >= 15 is 0 Å². The van der Waals surface area contributed by atoms with Crippen LogP contribution >= 0.6 is 0 Å². The number of hydrogen-bond acceptors (Lipinski definition) is 3. The van der Waals surface area contributed by atoms with Crippen LogP contribution in [0.5, 0.6) is 0 Å². The summed E-state index contributed by atoms with van der Waals surface area (Å²) < 4.78 is 0. The van der Waals surface area contributed by atoms with Gasteiger partial charge in [-0.05, 0) is 6.92 Å². The average molecular weight is 245 g/mol. The molecule has 94 valence electrons. The molecular formula is C12H15N5O. The van der Waals surface area contributed by atoms with Crippen molar-refractivity contribution in [1.29, 1.82) is 0 Å². The summed E-state index contributed by atoms with van der Waals surface area (Å²) in [6.45, 7) is 4.05. The second-order valence-electron chi connectivity index (χ2n) is 4.55. The zero-order valence-electron chi connectivity index (χ0n) is 10.4. The number of imidazole rings is 1. The van der Waals surface area contributed by atoms with Gasteiger partial charge in [0, 0.05) is 30.0 Å². The van der Waals surface area contributed by atoms with Crippen LogP contribution in [-0.4, -0.2) is 26.1 Å². The van der Waals surface area contributed by atoms with Crippen LogP contribution in [0.3, 0.4) is 0 Å². The minimum absolute atomic E-state index is 0.00259. The number of aryl methyl sites for hydroxylation is 2. The first-order chi connectivity index (χ1) is 8.69. The molecule has 3 heterocycles. The number of nitrogens with one attached hydrogen (secondary N) is 3. The molecule has 0 aromatic carbocycles. The van der Waals surface area contributed by atoms with Crippen molar-refractivity contribution in [1.82, 2.24) is 20.2 Å². The highest BCUT2D eigenvalue weighted by molar-refractivity contribution is 5.94. The molecule has 3 rings (SSSR count). The molecule has 1 aliphatic heterocycles. The van der Waals surface area contributed by atoms with Gasteiger partial charge in [-0.25, -0.2) is 4.98 Å². The van der Waals surface area contributed by atoms with Crippen LogP contribution in [-0.2, 0) is 11.2 Å². The molecule has 0 aliphatic carbocycles. The number of hydrogen-bond donors (Lipinski definition) is 3. The molecular weight excluding hydrogens is 230 g/mol. The third kappa shape index (κ3) is 1.61. The summed E-state index contributed by atoms with van der Waals surface area (Å²) >= 11 is 0. The monoisotopic (exact) mass is 245 g/mol. The Bertz CT molecular complexity index is 597. The SMILES string of the molecule is CCc1nc([C@@H]2CC(=O)Nc3[nH]ncc32)c(C)[nH]1.